The fourth-order valence-electron chi connectivity index (χ4n) is 1.80. The summed E-state index contributed by atoms with van der Waals surface area (Å²) in [6.07, 6.45) is -0.00129. The molecule has 8 heteroatoms. The molecule has 0 bridgehead atoms. The number of hydrogen-bond donors (Lipinski definition) is 1. The Hall–Kier alpha value is -1.28. The van der Waals surface area contributed by atoms with Gasteiger partial charge in [-0.15, -0.1) is 16.4 Å². The molecule has 102 valence electrons. The lowest BCUT2D eigenvalue weighted by atomic mass is 10.0. The molecule has 2 heterocycles. The lowest BCUT2D eigenvalue weighted by molar-refractivity contribution is -0.138. The number of rotatable bonds is 5. The van der Waals surface area contributed by atoms with E-state index in [1.165, 1.54) is 11.3 Å². The Morgan fingerprint density at radius 3 is 2.84 bits per heavy atom. The van der Waals surface area contributed by atoms with Crippen molar-refractivity contribution in [2.45, 2.75) is 26.3 Å². The molecule has 1 N–H and O–H groups in total. The monoisotopic (exact) mass is 344 g/mol. The van der Waals surface area contributed by atoms with Crippen LogP contribution in [0.5, 0.6) is 0 Å². The molecule has 19 heavy (non-hydrogen) atoms. The molecule has 2 rings (SSSR count). The summed E-state index contributed by atoms with van der Waals surface area (Å²) in [4.78, 5) is 11.9. The van der Waals surface area contributed by atoms with Crippen LogP contribution in [0.2, 0.25) is 0 Å². The van der Waals surface area contributed by atoms with Crippen LogP contribution in [0, 0.1) is 5.92 Å². The lowest BCUT2D eigenvalue weighted by Crippen LogP contribution is -2.21. The zero-order chi connectivity index (χ0) is 14.0. The maximum absolute atomic E-state index is 11.0. The largest absolute Gasteiger partial charge is 0.481 e. The average molecular weight is 345 g/mol. The zero-order valence-electron chi connectivity index (χ0n) is 10.4. The Kier molecular flexibility index (Phi) is 4.31. The highest BCUT2D eigenvalue weighted by molar-refractivity contribution is 9.10. The number of halogens is 1. The number of nitrogens with zero attached hydrogens (tertiary/aromatic N) is 4. The van der Waals surface area contributed by atoms with Crippen LogP contribution in [-0.4, -0.2) is 31.3 Å². The molecule has 1 unspecified atom stereocenters. The topological polar surface area (TPSA) is 80.9 Å². The minimum atomic E-state index is -0.856. The summed E-state index contributed by atoms with van der Waals surface area (Å²) in [7, 11) is 0. The first-order valence-corrected chi connectivity index (χ1v) is 7.41. The second-order valence-corrected chi connectivity index (χ2v) is 6.22. The van der Waals surface area contributed by atoms with Gasteiger partial charge in [-0.1, -0.05) is 13.8 Å². The molecule has 0 aliphatic carbocycles. The summed E-state index contributed by atoms with van der Waals surface area (Å²) in [5.74, 6) is -0.135. The van der Waals surface area contributed by atoms with Crippen LogP contribution in [-0.2, 0) is 4.79 Å². The molecular formula is C11H13BrN4O2S. The first kappa shape index (κ1) is 14.1. The minimum Gasteiger partial charge on any atom is -0.481 e. The predicted octanol–water partition coefficient (Wildman–Crippen LogP) is 2.84. The molecule has 0 spiro atoms. The highest BCUT2D eigenvalue weighted by atomic mass is 79.9. The van der Waals surface area contributed by atoms with E-state index in [0.717, 1.165) is 9.35 Å². The van der Waals surface area contributed by atoms with Gasteiger partial charge < -0.3 is 5.11 Å². The molecule has 2 aromatic heterocycles. The van der Waals surface area contributed by atoms with E-state index in [9.17, 15) is 4.79 Å². The van der Waals surface area contributed by atoms with Crippen molar-refractivity contribution in [3.63, 3.8) is 0 Å². The van der Waals surface area contributed by atoms with E-state index in [1.54, 1.807) is 4.68 Å². The Morgan fingerprint density at radius 1 is 1.58 bits per heavy atom. The first-order chi connectivity index (χ1) is 9.00. The third kappa shape index (κ3) is 3.01. The van der Waals surface area contributed by atoms with Gasteiger partial charge in [0.2, 0.25) is 0 Å². The van der Waals surface area contributed by atoms with Crippen molar-refractivity contribution in [3.8, 4) is 10.7 Å². The van der Waals surface area contributed by atoms with E-state index < -0.39 is 5.97 Å². The van der Waals surface area contributed by atoms with Gasteiger partial charge in [-0.2, -0.15) is 0 Å². The SMILES string of the molecule is CC(C)C(CC(=O)O)n1nnnc1-c1sccc1Br. The summed E-state index contributed by atoms with van der Waals surface area (Å²) >= 11 is 4.96. The minimum absolute atomic E-state index is 0.00129. The third-order valence-electron chi connectivity index (χ3n) is 2.78. The Bertz CT molecular complexity index is 581. The predicted molar refractivity (Wildman–Crippen MR) is 75.0 cm³/mol. The van der Waals surface area contributed by atoms with Crippen LogP contribution in [0.3, 0.4) is 0 Å². The molecule has 0 amide bonds. The molecule has 1 atom stereocenters. The van der Waals surface area contributed by atoms with Crippen LogP contribution in [0.4, 0.5) is 0 Å². The van der Waals surface area contributed by atoms with Gasteiger partial charge in [-0.25, -0.2) is 4.68 Å². The van der Waals surface area contributed by atoms with Gasteiger partial charge >= 0.3 is 5.97 Å². The van der Waals surface area contributed by atoms with Crippen molar-refractivity contribution in [2.24, 2.45) is 5.92 Å². The van der Waals surface area contributed by atoms with Crippen LogP contribution in [0.15, 0.2) is 15.9 Å². The molecule has 2 aromatic rings. The maximum atomic E-state index is 11.0. The smallest absolute Gasteiger partial charge is 0.305 e. The molecule has 0 fully saturated rings. The maximum Gasteiger partial charge on any atom is 0.305 e. The second-order valence-electron chi connectivity index (χ2n) is 4.45. The second kappa shape index (κ2) is 5.79. The summed E-state index contributed by atoms with van der Waals surface area (Å²) in [6, 6.07) is 1.65. The molecule has 0 saturated heterocycles. The summed E-state index contributed by atoms with van der Waals surface area (Å²) in [5.41, 5.74) is 0. The Labute approximate surface area is 122 Å². The van der Waals surface area contributed by atoms with Crippen LogP contribution >= 0.6 is 27.3 Å². The molecular weight excluding hydrogens is 332 g/mol. The van der Waals surface area contributed by atoms with E-state index in [-0.39, 0.29) is 18.4 Å². The summed E-state index contributed by atoms with van der Waals surface area (Å²) < 4.78 is 2.52. The van der Waals surface area contributed by atoms with Gasteiger partial charge in [0.25, 0.3) is 0 Å². The van der Waals surface area contributed by atoms with Crippen LogP contribution in [0.25, 0.3) is 10.7 Å². The molecule has 0 saturated carbocycles. The van der Waals surface area contributed by atoms with Gasteiger partial charge in [0.15, 0.2) is 5.82 Å². The van der Waals surface area contributed by atoms with Gasteiger partial charge in [0.1, 0.15) is 0 Å². The number of hydrogen-bond acceptors (Lipinski definition) is 5. The highest BCUT2D eigenvalue weighted by Gasteiger charge is 2.25. The summed E-state index contributed by atoms with van der Waals surface area (Å²) in [5, 5.41) is 22.6. The number of thiophene rings is 1. The van der Waals surface area contributed by atoms with Crippen molar-refractivity contribution in [3.05, 3.63) is 15.9 Å². The molecule has 0 aliphatic rings. The third-order valence-corrected chi connectivity index (χ3v) is 4.61. The molecule has 6 nitrogen and oxygen atoms in total. The first-order valence-electron chi connectivity index (χ1n) is 5.73. The number of carboxylic acid groups (broad SMARTS) is 1. The van der Waals surface area contributed by atoms with E-state index in [4.69, 9.17) is 5.11 Å². The van der Waals surface area contributed by atoms with Crippen molar-refractivity contribution in [2.75, 3.05) is 0 Å². The van der Waals surface area contributed by atoms with Gasteiger partial charge in [0.05, 0.1) is 17.3 Å². The van der Waals surface area contributed by atoms with Crippen molar-refractivity contribution < 1.29 is 9.90 Å². The Morgan fingerprint density at radius 2 is 2.32 bits per heavy atom. The van der Waals surface area contributed by atoms with Crippen molar-refractivity contribution in [1.82, 2.24) is 20.2 Å². The molecule has 0 aliphatic heterocycles. The fraction of sp³-hybridized carbons (Fsp3) is 0.455. The molecule has 0 radical (unpaired) electrons. The van der Waals surface area contributed by atoms with E-state index in [2.05, 4.69) is 31.5 Å². The number of aliphatic carboxylic acids is 1. The number of aromatic nitrogens is 4. The normalized spacial score (nSPS) is 12.8. The van der Waals surface area contributed by atoms with E-state index in [1.807, 2.05) is 25.3 Å². The van der Waals surface area contributed by atoms with E-state index in [0.29, 0.717) is 5.82 Å². The lowest BCUT2D eigenvalue weighted by Gasteiger charge is -2.19. The zero-order valence-corrected chi connectivity index (χ0v) is 12.8. The van der Waals surface area contributed by atoms with Gasteiger partial charge in [-0.05, 0) is 43.7 Å². The standard InChI is InChI=1S/C11H13BrN4O2S/c1-6(2)8(5-9(17)18)16-11(13-14-15-16)10-7(12)3-4-19-10/h3-4,6,8H,5H2,1-2H3,(H,17,18). The van der Waals surface area contributed by atoms with Crippen LogP contribution < -0.4 is 0 Å². The van der Waals surface area contributed by atoms with Crippen molar-refractivity contribution in [1.29, 1.82) is 0 Å². The quantitative estimate of drug-likeness (QED) is 0.901. The molecule has 0 aromatic carbocycles. The number of tetrazole rings is 1. The summed E-state index contributed by atoms with van der Waals surface area (Å²) in [6.45, 7) is 3.92. The highest BCUT2D eigenvalue weighted by Crippen LogP contribution is 2.34. The number of carboxylic acids is 1. The van der Waals surface area contributed by atoms with Gasteiger partial charge in [-0.3, -0.25) is 4.79 Å². The van der Waals surface area contributed by atoms with Crippen LogP contribution in [0.1, 0.15) is 26.3 Å². The van der Waals surface area contributed by atoms with Crippen molar-refractivity contribution >= 4 is 33.2 Å². The Balaban J connectivity index is 2.42. The van der Waals surface area contributed by atoms with Gasteiger partial charge in [0, 0.05) is 4.47 Å². The fourth-order valence-corrected chi connectivity index (χ4v) is 3.33. The number of carbonyl (C=O) groups is 1. The van der Waals surface area contributed by atoms with E-state index >= 15 is 0 Å². The average Bonchev–Trinajstić information content (AvgIpc) is 2.93.